The van der Waals surface area contributed by atoms with Gasteiger partial charge >= 0.3 is 0 Å². The molecule has 1 N–H and O–H groups in total. The van der Waals surface area contributed by atoms with Gasteiger partial charge in [-0.25, -0.2) is 0 Å². The lowest BCUT2D eigenvalue weighted by Gasteiger charge is -2.15. The molecule has 0 amide bonds. The van der Waals surface area contributed by atoms with Gasteiger partial charge in [0.05, 0.1) is 6.54 Å². The molecule has 0 unspecified atom stereocenters. The number of anilines is 1. The van der Waals surface area contributed by atoms with Gasteiger partial charge in [0.15, 0.2) is 0 Å². The normalized spacial score (nSPS) is 10.9. The Balaban J connectivity index is 2.02. The number of para-hydroxylation sites is 1. The van der Waals surface area contributed by atoms with Crippen molar-refractivity contribution in [2.45, 2.75) is 26.4 Å². The van der Waals surface area contributed by atoms with E-state index in [1.54, 1.807) is 0 Å². The molecule has 3 heteroatoms. The van der Waals surface area contributed by atoms with Gasteiger partial charge in [-0.15, -0.1) is 0 Å². The van der Waals surface area contributed by atoms with Crippen LogP contribution in [0.3, 0.4) is 0 Å². The molecule has 0 spiro atoms. The molecule has 19 heavy (non-hydrogen) atoms. The van der Waals surface area contributed by atoms with Crippen LogP contribution in [0.4, 0.5) is 5.69 Å². The maximum Gasteiger partial charge on any atom is 0.123 e. The fourth-order valence-electron chi connectivity index (χ4n) is 2.06. The van der Waals surface area contributed by atoms with Crippen LogP contribution < -0.4 is 5.32 Å². The number of nitrogens with zero attached hydrogens (tertiary/aromatic N) is 1. The highest BCUT2D eigenvalue weighted by atomic mass is 16.3. The summed E-state index contributed by atoms with van der Waals surface area (Å²) in [6, 6.07) is 12.5. The maximum atomic E-state index is 5.70. The molecule has 0 radical (unpaired) electrons. The second-order valence-electron chi connectivity index (χ2n) is 4.97. The molecule has 2 aromatic rings. The van der Waals surface area contributed by atoms with E-state index in [4.69, 9.17) is 4.42 Å². The van der Waals surface area contributed by atoms with Gasteiger partial charge in [-0.3, -0.25) is 0 Å². The van der Waals surface area contributed by atoms with Crippen LogP contribution >= 0.6 is 0 Å². The number of nitrogens with one attached hydrogen (secondary N) is 1. The van der Waals surface area contributed by atoms with Crippen molar-refractivity contribution in [1.82, 2.24) is 4.90 Å². The molecule has 0 bridgehead atoms. The third kappa shape index (κ3) is 3.86. The number of hydrogen-bond acceptors (Lipinski definition) is 3. The number of aryl methyl sites for hydroxylation is 1. The zero-order valence-corrected chi connectivity index (χ0v) is 11.9. The standard InChI is InChI=1S/C16H22N2O/c1-4-14-9-10-15(19-14)11-17-16-8-6-5-7-13(16)12-18(2)3/h5-10,17H,4,11-12H2,1-3H3. The van der Waals surface area contributed by atoms with Crippen LogP contribution in [0.2, 0.25) is 0 Å². The number of benzene rings is 1. The predicted molar refractivity (Wildman–Crippen MR) is 79.2 cm³/mol. The van der Waals surface area contributed by atoms with E-state index < -0.39 is 0 Å². The number of hydrogen-bond donors (Lipinski definition) is 1. The summed E-state index contributed by atoms with van der Waals surface area (Å²) in [4.78, 5) is 2.17. The van der Waals surface area contributed by atoms with Gasteiger partial charge in [-0.1, -0.05) is 25.1 Å². The summed E-state index contributed by atoms with van der Waals surface area (Å²) in [5, 5.41) is 3.45. The molecular weight excluding hydrogens is 236 g/mol. The zero-order valence-electron chi connectivity index (χ0n) is 11.9. The highest BCUT2D eigenvalue weighted by Gasteiger charge is 2.04. The van der Waals surface area contributed by atoms with Gasteiger partial charge in [-0.2, -0.15) is 0 Å². The quantitative estimate of drug-likeness (QED) is 0.859. The van der Waals surface area contributed by atoms with Gasteiger partial charge in [0.1, 0.15) is 11.5 Å². The van der Waals surface area contributed by atoms with E-state index in [0.29, 0.717) is 0 Å². The minimum atomic E-state index is 0.727. The van der Waals surface area contributed by atoms with E-state index in [1.807, 2.05) is 12.1 Å². The van der Waals surface area contributed by atoms with Crippen molar-refractivity contribution in [3.8, 4) is 0 Å². The molecule has 1 heterocycles. The topological polar surface area (TPSA) is 28.4 Å². The van der Waals surface area contributed by atoms with Crippen LogP contribution in [0.25, 0.3) is 0 Å². The van der Waals surface area contributed by atoms with E-state index >= 15 is 0 Å². The maximum absolute atomic E-state index is 5.70. The van der Waals surface area contributed by atoms with Crippen molar-refractivity contribution in [1.29, 1.82) is 0 Å². The summed E-state index contributed by atoms with van der Waals surface area (Å²) >= 11 is 0. The van der Waals surface area contributed by atoms with Crippen molar-refractivity contribution >= 4 is 5.69 Å². The zero-order chi connectivity index (χ0) is 13.7. The molecule has 102 valence electrons. The average Bonchev–Trinajstić information content (AvgIpc) is 2.85. The summed E-state index contributed by atoms with van der Waals surface area (Å²) in [6.07, 6.45) is 0.942. The minimum absolute atomic E-state index is 0.727. The molecule has 0 aliphatic rings. The summed E-state index contributed by atoms with van der Waals surface area (Å²) < 4.78 is 5.70. The third-order valence-corrected chi connectivity index (χ3v) is 3.02. The molecule has 2 rings (SSSR count). The van der Waals surface area contributed by atoms with Crippen LogP contribution in [-0.2, 0) is 19.5 Å². The minimum Gasteiger partial charge on any atom is -0.464 e. The Labute approximate surface area is 115 Å². The Hall–Kier alpha value is -1.74. The first-order valence-electron chi connectivity index (χ1n) is 6.73. The van der Waals surface area contributed by atoms with E-state index in [2.05, 4.69) is 55.5 Å². The van der Waals surface area contributed by atoms with E-state index in [0.717, 1.165) is 31.0 Å². The molecular formula is C16H22N2O. The summed E-state index contributed by atoms with van der Waals surface area (Å²) in [7, 11) is 4.16. The average molecular weight is 258 g/mol. The fraction of sp³-hybridized carbons (Fsp3) is 0.375. The van der Waals surface area contributed by atoms with Crippen LogP contribution in [-0.4, -0.2) is 19.0 Å². The third-order valence-electron chi connectivity index (χ3n) is 3.02. The lowest BCUT2D eigenvalue weighted by Crippen LogP contribution is -2.12. The lowest BCUT2D eigenvalue weighted by atomic mass is 10.1. The first kappa shape index (κ1) is 13.7. The molecule has 0 aliphatic carbocycles. The van der Waals surface area contributed by atoms with Gasteiger partial charge < -0.3 is 14.6 Å². The van der Waals surface area contributed by atoms with Crippen LogP contribution in [0.5, 0.6) is 0 Å². The van der Waals surface area contributed by atoms with Crippen molar-refractivity contribution in [2.75, 3.05) is 19.4 Å². The molecule has 0 aliphatic heterocycles. The van der Waals surface area contributed by atoms with Crippen molar-refractivity contribution in [3.63, 3.8) is 0 Å². The Morgan fingerprint density at radius 1 is 1.05 bits per heavy atom. The molecule has 0 saturated carbocycles. The number of furan rings is 1. The van der Waals surface area contributed by atoms with Gasteiger partial charge in [0, 0.05) is 18.7 Å². The molecule has 0 saturated heterocycles. The molecule has 0 atom stereocenters. The van der Waals surface area contributed by atoms with Crippen molar-refractivity contribution < 1.29 is 4.42 Å². The van der Waals surface area contributed by atoms with Gasteiger partial charge in [0.2, 0.25) is 0 Å². The summed E-state index contributed by atoms with van der Waals surface area (Å²) in [5.74, 6) is 2.02. The van der Waals surface area contributed by atoms with Crippen molar-refractivity contribution in [2.24, 2.45) is 0 Å². The molecule has 1 aromatic carbocycles. The first-order valence-corrected chi connectivity index (χ1v) is 6.73. The highest BCUT2D eigenvalue weighted by Crippen LogP contribution is 2.18. The van der Waals surface area contributed by atoms with E-state index in [-0.39, 0.29) is 0 Å². The second kappa shape index (κ2) is 6.43. The smallest absolute Gasteiger partial charge is 0.123 e. The second-order valence-corrected chi connectivity index (χ2v) is 4.97. The monoisotopic (exact) mass is 258 g/mol. The SMILES string of the molecule is CCc1ccc(CNc2ccccc2CN(C)C)o1. The fourth-order valence-corrected chi connectivity index (χ4v) is 2.06. The Morgan fingerprint density at radius 3 is 2.47 bits per heavy atom. The Bertz CT molecular complexity index is 517. The van der Waals surface area contributed by atoms with Gasteiger partial charge in [-0.05, 0) is 37.9 Å². The first-order chi connectivity index (χ1) is 9.19. The van der Waals surface area contributed by atoms with Crippen LogP contribution in [0.1, 0.15) is 24.0 Å². The largest absolute Gasteiger partial charge is 0.464 e. The summed E-state index contributed by atoms with van der Waals surface area (Å²) in [5.41, 5.74) is 2.47. The van der Waals surface area contributed by atoms with E-state index in [9.17, 15) is 0 Å². The highest BCUT2D eigenvalue weighted by molar-refractivity contribution is 5.51. The predicted octanol–water partition coefficient (Wildman–Crippen LogP) is 3.52. The van der Waals surface area contributed by atoms with Crippen LogP contribution in [0.15, 0.2) is 40.8 Å². The number of rotatable bonds is 6. The van der Waals surface area contributed by atoms with E-state index in [1.165, 1.54) is 11.3 Å². The molecule has 0 fully saturated rings. The molecule has 1 aromatic heterocycles. The van der Waals surface area contributed by atoms with Crippen molar-refractivity contribution in [3.05, 3.63) is 53.5 Å². The Kier molecular flexibility index (Phi) is 4.63. The van der Waals surface area contributed by atoms with Crippen LogP contribution in [0, 0.1) is 0 Å². The molecule has 3 nitrogen and oxygen atoms in total. The lowest BCUT2D eigenvalue weighted by molar-refractivity contribution is 0.403. The van der Waals surface area contributed by atoms with Gasteiger partial charge in [0.25, 0.3) is 0 Å². The Morgan fingerprint density at radius 2 is 1.79 bits per heavy atom. The summed E-state index contributed by atoms with van der Waals surface area (Å²) in [6.45, 7) is 3.76.